The second-order valence-electron chi connectivity index (χ2n) is 5.41. The first-order valence-corrected chi connectivity index (χ1v) is 7.19. The monoisotopic (exact) mass is 365 g/mol. The highest BCUT2D eigenvalue weighted by atomic mass is 19.4. The number of aryl methyl sites for hydroxylation is 1. The molecule has 0 aliphatic rings. The zero-order valence-corrected chi connectivity index (χ0v) is 13.1. The molecule has 10 heteroatoms. The molecule has 1 aromatic heterocycles. The van der Waals surface area contributed by atoms with Crippen molar-refractivity contribution in [3.63, 3.8) is 0 Å². The van der Waals surface area contributed by atoms with Gasteiger partial charge in [0.15, 0.2) is 5.58 Å². The molecule has 7 nitrogen and oxygen atoms in total. The molecule has 1 amide bonds. The van der Waals surface area contributed by atoms with Gasteiger partial charge in [-0.1, -0.05) is 0 Å². The van der Waals surface area contributed by atoms with Gasteiger partial charge in [0.25, 0.3) is 11.6 Å². The molecule has 0 spiro atoms. The number of oxazole rings is 1. The summed E-state index contributed by atoms with van der Waals surface area (Å²) in [5.41, 5.74) is 0.441. The number of hydrogen-bond donors (Lipinski definition) is 1. The summed E-state index contributed by atoms with van der Waals surface area (Å²) in [6, 6.07) is 7.71. The Kier molecular flexibility index (Phi) is 4.10. The normalized spacial score (nSPS) is 11.5. The lowest BCUT2D eigenvalue weighted by molar-refractivity contribution is -0.385. The number of amides is 1. The van der Waals surface area contributed by atoms with Gasteiger partial charge in [-0.15, -0.1) is 0 Å². The molecule has 3 aromatic rings. The van der Waals surface area contributed by atoms with Gasteiger partial charge in [-0.3, -0.25) is 14.9 Å². The molecule has 134 valence electrons. The van der Waals surface area contributed by atoms with Crippen molar-refractivity contribution in [2.45, 2.75) is 13.1 Å². The van der Waals surface area contributed by atoms with E-state index in [-0.39, 0.29) is 28.0 Å². The van der Waals surface area contributed by atoms with Crippen LogP contribution in [0.25, 0.3) is 11.1 Å². The average Bonchev–Trinajstić information content (AvgIpc) is 2.98. The van der Waals surface area contributed by atoms with Gasteiger partial charge < -0.3 is 9.73 Å². The lowest BCUT2D eigenvalue weighted by Gasteiger charge is -2.06. The SMILES string of the molecule is Cc1cc(C(=O)Nc2ccc3oc(C(F)(F)F)nc3c2)ccc1[N+](=O)[O-]. The predicted octanol–water partition coefficient (Wildman–Crippen LogP) is 4.32. The van der Waals surface area contributed by atoms with Crippen LogP contribution in [-0.2, 0) is 6.18 Å². The third-order valence-electron chi connectivity index (χ3n) is 3.54. The zero-order valence-electron chi connectivity index (χ0n) is 13.1. The number of rotatable bonds is 3. The van der Waals surface area contributed by atoms with Crippen molar-refractivity contribution in [2.24, 2.45) is 0 Å². The molecule has 0 aliphatic heterocycles. The number of aromatic nitrogens is 1. The van der Waals surface area contributed by atoms with E-state index in [1.165, 1.54) is 43.3 Å². The van der Waals surface area contributed by atoms with Crippen LogP contribution in [0.1, 0.15) is 21.8 Å². The minimum absolute atomic E-state index is 0.0602. The minimum Gasteiger partial charge on any atom is -0.433 e. The maximum atomic E-state index is 12.6. The Morgan fingerprint density at radius 3 is 2.58 bits per heavy atom. The smallest absolute Gasteiger partial charge is 0.433 e. The Bertz CT molecular complexity index is 1030. The maximum absolute atomic E-state index is 12.6. The molecule has 0 unspecified atom stereocenters. The molecule has 0 bridgehead atoms. The number of nitrogens with one attached hydrogen (secondary N) is 1. The largest absolute Gasteiger partial charge is 0.468 e. The topological polar surface area (TPSA) is 98.3 Å². The number of halogens is 3. The number of alkyl halides is 3. The Morgan fingerprint density at radius 2 is 1.96 bits per heavy atom. The first-order valence-electron chi connectivity index (χ1n) is 7.19. The number of carbonyl (C=O) groups is 1. The van der Waals surface area contributed by atoms with Crippen molar-refractivity contribution in [3.05, 3.63) is 63.5 Å². The van der Waals surface area contributed by atoms with Crippen LogP contribution in [0.5, 0.6) is 0 Å². The lowest BCUT2D eigenvalue weighted by atomic mass is 10.1. The van der Waals surface area contributed by atoms with Crippen LogP contribution in [0, 0.1) is 17.0 Å². The molecule has 0 fully saturated rings. The highest BCUT2D eigenvalue weighted by Crippen LogP contribution is 2.32. The Morgan fingerprint density at radius 1 is 1.23 bits per heavy atom. The van der Waals surface area contributed by atoms with E-state index in [4.69, 9.17) is 0 Å². The van der Waals surface area contributed by atoms with Gasteiger partial charge in [0.1, 0.15) is 5.52 Å². The number of nitro benzene ring substituents is 1. The standard InChI is InChI=1S/C16H10F3N3O4/c1-8-6-9(2-4-12(8)22(24)25)14(23)20-10-3-5-13-11(7-10)21-15(26-13)16(17,18)19/h2-7H,1H3,(H,20,23). The molecule has 1 heterocycles. The van der Waals surface area contributed by atoms with Crippen LogP contribution in [0.4, 0.5) is 24.5 Å². The summed E-state index contributed by atoms with van der Waals surface area (Å²) in [6.07, 6.45) is -4.71. The Labute approximate surface area is 143 Å². The number of nitrogens with zero attached hydrogens (tertiary/aromatic N) is 2. The van der Waals surface area contributed by atoms with E-state index in [0.29, 0.717) is 5.56 Å². The summed E-state index contributed by atoms with van der Waals surface area (Å²) >= 11 is 0. The molecule has 2 aromatic carbocycles. The third-order valence-corrected chi connectivity index (χ3v) is 3.54. The van der Waals surface area contributed by atoms with E-state index in [1.807, 2.05) is 0 Å². The molecule has 0 radical (unpaired) electrons. The Balaban J connectivity index is 1.85. The summed E-state index contributed by atoms with van der Waals surface area (Å²) in [5.74, 6) is -1.94. The predicted molar refractivity (Wildman–Crippen MR) is 84.8 cm³/mol. The fourth-order valence-electron chi connectivity index (χ4n) is 2.33. The van der Waals surface area contributed by atoms with E-state index >= 15 is 0 Å². The molecule has 1 N–H and O–H groups in total. The third kappa shape index (κ3) is 3.34. The van der Waals surface area contributed by atoms with Gasteiger partial charge in [-0.25, -0.2) is 4.98 Å². The molecule has 0 atom stereocenters. The lowest BCUT2D eigenvalue weighted by Crippen LogP contribution is -2.12. The van der Waals surface area contributed by atoms with Gasteiger partial charge in [-0.2, -0.15) is 13.2 Å². The fraction of sp³-hybridized carbons (Fsp3) is 0.125. The summed E-state index contributed by atoms with van der Waals surface area (Å²) in [5, 5.41) is 13.3. The van der Waals surface area contributed by atoms with Crippen LogP contribution in [0.2, 0.25) is 0 Å². The van der Waals surface area contributed by atoms with Gasteiger partial charge >= 0.3 is 12.1 Å². The van der Waals surface area contributed by atoms with Crippen molar-refractivity contribution in [1.29, 1.82) is 0 Å². The molecule has 0 saturated carbocycles. The molecule has 26 heavy (non-hydrogen) atoms. The van der Waals surface area contributed by atoms with Crippen molar-refractivity contribution < 1.29 is 27.3 Å². The number of fused-ring (bicyclic) bond motifs is 1. The van der Waals surface area contributed by atoms with E-state index in [1.54, 1.807) is 0 Å². The van der Waals surface area contributed by atoms with Gasteiger partial charge in [0, 0.05) is 22.9 Å². The first-order chi connectivity index (χ1) is 12.1. The number of carbonyl (C=O) groups excluding carboxylic acids is 1. The van der Waals surface area contributed by atoms with Crippen molar-refractivity contribution >= 4 is 28.4 Å². The van der Waals surface area contributed by atoms with E-state index in [9.17, 15) is 28.1 Å². The zero-order chi connectivity index (χ0) is 19.1. The Hall–Kier alpha value is -3.43. The summed E-state index contributed by atoms with van der Waals surface area (Å²) in [6.45, 7) is 1.50. The van der Waals surface area contributed by atoms with Crippen LogP contribution < -0.4 is 5.32 Å². The first kappa shape index (κ1) is 17.4. The van der Waals surface area contributed by atoms with Crippen molar-refractivity contribution in [1.82, 2.24) is 4.98 Å². The van der Waals surface area contributed by atoms with Crippen molar-refractivity contribution in [2.75, 3.05) is 5.32 Å². The van der Waals surface area contributed by atoms with E-state index in [0.717, 1.165) is 0 Å². The maximum Gasteiger partial charge on any atom is 0.468 e. The molecular formula is C16H10F3N3O4. The fourth-order valence-corrected chi connectivity index (χ4v) is 2.33. The summed E-state index contributed by atoms with van der Waals surface area (Å²) in [7, 11) is 0. The second-order valence-corrected chi connectivity index (χ2v) is 5.41. The highest BCUT2D eigenvalue weighted by molar-refractivity contribution is 6.05. The van der Waals surface area contributed by atoms with Crippen LogP contribution in [0.3, 0.4) is 0 Å². The van der Waals surface area contributed by atoms with Crippen LogP contribution >= 0.6 is 0 Å². The number of benzene rings is 2. The molecule has 0 saturated heterocycles. The molecule has 3 rings (SSSR count). The highest BCUT2D eigenvalue weighted by Gasteiger charge is 2.37. The van der Waals surface area contributed by atoms with Crippen molar-refractivity contribution in [3.8, 4) is 0 Å². The number of anilines is 1. The molecular weight excluding hydrogens is 355 g/mol. The second kappa shape index (κ2) is 6.14. The summed E-state index contributed by atoms with van der Waals surface area (Å²) in [4.78, 5) is 25.8. The van der Waals surface area contributed by atoms with E-state index < -0.39 is 22.9 Å². The van der Waals surface area contributed by atoms with E-state index in [2.05, 4.69) is 14.7 Å². The van der Waals surface area contributed by atoms with Crippen LogP contribution in [0.15, 0.2) is 40.8 Å². The number of hydrogen-bond acceptors (Lipinski definition) is 5. The van der Waals surface area contributed by atoms with Crippen LogP contribution in [-0.4, -0.2) is 15.8 Å². The number of nitro groups is 1. The minimum atomic E-state index is -4.71. The van der Waals surface area contributed by atoms with Gasteiger partial charge in [-0.05, 0) is 37.3 Å². The van der Waals surface area contributed by atoms with Gasteiger partial charge in [0.2, 0.25) is 0 Å². The average molecular weight is 365 g/mol. The molecule has 0 aliphatic carbocycles. The summed E-state index contributed by atoms with van der Waals surface area (Å²) < 4.78 is 42.4. The van der Waals surface area contributed by atoms with Gasteiger partial charge in [0.05, 0.1) is 4.92 Å². The quantitative estimate of drug-likeness (QED) is 0.551.